The van der Waals surface area contributed by atoms with Crippen molar-refractivity contribution in [3.05, 3.63) is 24.0 Å². The van der Waals surface area contributed by atoms with Gasteiger partial charge >= 0.3 is 0 Å². The molecule has 1 aromatic rings. The number of nitrogens with zero attached hydrogens (tertiary/aromatic N) is 1. The number of aliphatic hydroxyl groups excluding tert-OH is 1. The summed E-state index contributed by atoms with van der Waals surface area (Å²) >= 11 is 0. The van der Waals surface area contributed by atoms with Gasteiger partial charge in [0.05, 0.1) is 5.69 Å². The minimum Gasteiger partial charge on any atom is -0.399 e. The second-order valence-electron chi connectivity index (χ2n) is 2.82. The van der Waals surface area contributed by atoms with Crippen molar-refractivity contribution in [2.45, 2.75) is 19.1 Å². The number of rotatable bonds is 2. The average molecular weight is 167 g/mol. The average Bonchev–Trinajstić information content (AvgIpc) is 2.03. The van der Waals surface area contributed by atoms with Gasteiger partial charge in [-0.05, 0) is 19.1 Å². The third-order valence-corrected chi connectivity index (χ3v) is 1.61. The summed E-state index contributed by atoms with van der Waals surface area (Å²) in [6.07, 6.45) is 0.810. The second-order valence-corrected chi connectivity index (χ2v) is 2.82. The number of aromatic nitrogens is 1. The monoisotopic (exact) mass is 167 g/mol. The molecule has 0 saturated carbocycles. The molecular weight excluding hydrogens is 154 g/mol. The van der Waals surface area contributed by atoms with E-state index in [-0.39, 0.29) is 6.04 Å². The maximum absolute atomic E-state index is 9.48. The molecular formula is C8H13N3O. The molecule has 0 unspecified atom stereocenters. The van der Waals surface area contributed by atoms with Crippen LogP contribution in [0.25, 0.3) is 0 Å². The highest BCUT2D eigenvalue weighted by Crippen LogP contribution is 2.14. The molecule has 1 aromatic heterocycles. The number of nitrogens with two attached hydrogens (primary N) is 2. The fraction of sp³-hybridized carbons (Fsp3) is 0.375. The lowest BCUT2D eigenvalue weighted by Crippen LogP contribution is -2.25. The summed E-state index contributed by atoms with van der Waals surface area (Å²) in [6, 6.07) is 2.95. The van der Waals surface area contributed by atoms with E-state index in [1.807, 2.05) is 0 Å². The normalized spacial score (nSPS) is 15.6. The molecule has 0 aromatic carbocycles. The molecule has 0 saturated heterocycles. The summed E-state index contributed by atoms with van der Waals surface area (Å²) in [4.78, 5) is 3.95. The van der Waals surface area contributed by atoms with Gasteiger partial charge in [-0.2, -0.15) is 0 Å². The van der Waals surface area contributed by atoms with Crippen molar-refractivity contribution in [3.63, 3.8) is 0 Å². The van der Waals surface area contributed by atoms with Gasteiger partial charge in [0.1, 0.15) is 6.10 Å². The Morgan fingerprint density at radius 2 is 2.25 bits per heavy atom. The molecule has 0 aliphatic carbocycles. The van der Waals surface area contributed by atoms with Gasteiger partial charge in [-0.3, -0.25) is 4.98 Å². The summed E-state index contributed by atoms with van der Waals surface area (Å²) in [6.45, 7) is 1.72. The van der Waals surface area contributed by atoms with Crippen molar-refractivity contribution in [2.24, 2.45) is 5.73 Å². The molecule has 0 bridgehead atoms. The van der Waals surface area contributed by atoms with Crippen LogP contribution < -0.4 is 11.5 Å². The van der Waals surface area contributed by atoms with Crippen molar-refractivity contribution in [1.29, 1.82) is 0 Å². The molecule has 12 heavy (non-hydrogen) atoms. The minimum absolute atomic E-state index is 0.334. The zero-order chi connectivity index (χ0) is 9.14. The lowest BCUT2D eigenvalue weighted by atomic mass is 10.1. The Balaban J connectivity index is 2.88. The molecule has 1 heterocycles. The molecule has 5 N–H and O–H groups in total. The Bertz CT molecular complexity index is 262. The van der Waals surface area contributed by atoms with E-state index in [0.29, 0.717) is 11.4 Å². The number of nitrogen functional groups attached to an aromatic ring is 1. The van der Waals surface area contributed by atoms with Crippen LogP contribution in [0.4, 0.5) is 5.69 Å². The fourth-order valence-corrected chi connectivity index (χ4v) is 0.897. The number of anilines is 1. The number of hydrogen-bond acceptors (Lipinski definition) is 4. The van der Waals surface area contributed by atoms with E-state index in [1.54, 1.807) is 25.3 Å². The summed E-state index contributed by atoms with van der Waals surface area (Å²) < 4.78 is 0. The highest BCUT2D eigenvalue weighted by molar-refractivity contribution is 5.37. The van der Waals surface area contributed by atoms with Gasteiger partial charge < -0.3 is 16.6 Å². The summed E-state index contributed by atoms with van der Waals surface area (Å²) in [5, 5.41) is 9.48. The van der Waals surface area contributed by atoms with E-state index in [1.165, 1.54) is 0 Å². The number of hydrogen-bond donors (Lipinski definition) is 3. The maximum atomic E-state index is 9.48. The Kier molecular flexibility index (Phi) is 2.62. The van der Waals surface area contributed by atoms with Crippen LogP contribution >= 0.6 is 0 Å². The van der Waals surface area contributed by atoms with Gasteiger partial charge in [-0.1, -0.05) is 0 Å². The van der Waals surface area contributed by atoms with Crippen molar-refractivity contribution < 1.29 is 5.11 Å². The van der Waals surface area contributed by atoms with Crippen LogP contribution in [0.3, 0.4) is 0 Å². The predicted octanol–water partition coefficient (Wildman–Crippen LogP) is 0.0444. The van der Waals surface area contributed by atoms with Crippen LogP contribution in [0.1, 0.15) is 18.7 Å². The Labute approximate surface area is 71.2 Å². The molecule has 4 nitrogen and oxygen atoms in total. The highest BCUT2D eigenvalue weighted by atomic mass is 16.3. The van der Waals surface area contributed by atoms with Crippen molar-refractivity contribution in [2.75, 3.05) is 5.73 Å². The van der Waals surface area contributed by atoms with E-state index in [9.17, 15) is 5.11 Å². The third kappa shape index (κ3) is 1.93. The zero-order valence-corrected chi connectivity index (χ0v) is 6.94. The fourth-order valence-electron chi connectivity index (χ4n) is 0.897. The van der Waals surface area contributed by atoms with E-state index >= 15 is 0 Å². The van der Waals surface area contributed by atoms with Gasteiger partial charge in [0.2, 0.25) is 0 Å². The SMILES string of the molecule is C[C@@H](N)[C@@H](O)c1cc(N)ccn1. The molecule has 66 valence electrons. The molecule has 2 atom stereocenters. The standard InChI is InChI=1S/C8H13N3O/c1-5(9)8(12)7-4-6(10)2-3-11-7/h2-5,8,12H,9H2,1H3,(H2,10,11)/t5-,8-/m1/s1. The van der Waals surface area contributed by atoms with Gasteiger partial charge in [0.25, 0.3) is 0 Å². The quantitative estimate of drug-likeness (QED) is 0.580. The second kappa shape index (κ2) is 3.51. The summed E-state index contributed by atoms with van der Waals surface area (Å²) in [5.74, 6) is 0. The molecule has 1 rings (SSSR count). The van der Waals surface area contributed by atoms with Gasteiger partial charge in [0.15, 0.2) is 0 Å². The van der Waals surface area contributed by atoms with Crippen molar-refractivity contribution >= 4 is 5.69 Å². The zero-order valence-electron chi connectivity index (χ0n) is 6.94. The van der Waals surface area contributed by atoms with E-state index in [4.69, 9.17) is 11.5 Å². The highest BCUT2D eigenvalue weighted by Gasteiger charge is 2.13. The molecule has 4 heteroatoms. The molecule has 0 aliphatic heterocycles. The Morgan fingerprint density at radius 3 is 2.75 bits per heavy atom. The van der Waals surface area contributed by atoms with E-state index in [0.717, 1.165) is 0 Å². The lowest BCUT2D eigenvalue weighted by molar-refractivity contribution is 0.149. The minimum atomic E-state index is -0.742. The molecule has 0 amide bonds. The molecule has 0 radical (unpaired) electrons. The maximum Gasteiger partial charge on any atom is 0.111 e. The number of aliphatic hydroxyl groups is 1. The first-order chi connectivity index (χ1) is 5.61. The Morgan fingerprint density at radius 1 is 1.58 bits per heavy atom. The van der Waals surface area contributed by atoms with E-state index < -0.39 is 6.10 Å². The van der Waals surface area contributed by atoms with Crippen molar-refractivity contribution in [1.82, 2.24) is 4.98 Å². The van der Waals surface area contributed by atoms with Gasteiger partial charge in [-0.25, -0.2) is 0 Å². The summed E-state index contributed by atoms with van der Waals surface area (Å²) in [7, 11) is 0. The van der Waals surface area contributed by atoms with Crippen LogP contribution in [0.15, 0.2) is 18.3 Å². The third-order valence-electron chi connectivity index (χ3n) is 1.61. The topological polar surface area (TPSA) is 85.2 Å². The predicted molar refractivity (Wildman–Crippen MR) is 47.3 cm³/mol. The first-order valence-electron chi connectivity index (χ1n) is 3.76. The molecule has 0 spiro atoms. The smallest absolute Gasteiger partial charge is 0.111 e. The van der Waals surface area contributed by atoms with Crippen LogP contribution in [0.2, 0.25) is 0 Å². The lowest BCUT2D eigenvalue weighted by Gasteiger charge is -2.13. The molecule has 0 aliphatic rings. The van der Waals surface area contributed by atoms with Crippen molar-refractivity contribution in [3.8, 4) is 0 Å². The Hall–Kier alpha value is -1.13. The first kappa shape index (κ1) is 8.96. The number of pyridine rings is 1. The largest absolute Gasteiger partial charge is 0.399 e. The van der Waals surface area contributed by atoms with Crippen LogP contribution in [0.5, 0.6) is 0 Å². The van der Waals surface area contributed by atoms with Crippen LogP contribution in [0, 0.1) is 0 Å². The van der Waals surface area contributed by atoms with E-state index in [2.05, 4.69) is 4.98 Å². The van der Waals surface area contributed by atoms with Gasteiger partial charge in [0, 0.05) is 17.9 Å². The summed E-state index contributed by atoms with van der Waals surface area (Å²) in [5.41, 5.74) is 12.1. The van der Waals surface area contributed by atoms with Gasteiger partial charge in [-0.15, -0.1) is 0 Å². The van der Waals surface area contributed by atoms with Crippen LogP contribution in [-0.4, -0.2) is 16.1 Å². The first-order valence-corrected chi connectivity index (χ1v) is 3.76. The van der Waals surface area contributed by atoms with Crippen LogP contribution in [-0.2, 0) is 0 Å². The molecule has 0 fully saturated rings.